The predicted octanol–water partition coefficient (Wildman–Crippen LogP) is 0.825. The van der Waals surface area contributed by atoms with Crippen molar-refractivity contribution in [1.82, 2.24) is 0 Å². The molecular formula is C27H44O8. The first-order valence-corrected chi connectivity index (χ1v) is 13.0. The standard InChI is InChI=1S/C27H44O8/c1-23(2,33)21(31)12-22(32)26(5,34)20-7-9-27(35)15-10-17(28)16-11-18(29)19(30)13-24(16,3)14(15)6-8-25(20,27)4/h10,14,16,18-22,29-35H,6-9,11-13H2,1-5H3/t14-,16-,18+,19-,20-,21?,22+,24+,25+,26+,27+/m0/s1. The van der Waals surface area contributed by atoms with Crippen LogP contribution in [0.1, 0.15) is 79.6 Å². The van der Waals surface area contributed by atoms with Crippen molar-refractivity contribution < 1.29 is 40.5 Å². The second-order valence-electron chi connectivity index (χ2n) is 13.2. The van der Waals surface area contributed by atoms with Gasteiger partial charge in [-0.15, -0.1) is 0 Å². The van der Waals surface area contributed by atoms with Gasteiger partial charge in [0.1, 0.15) is 0 Å². The molecule has 3 saturated carbocycles. The molecule has 1 unspecified atom stereocenters. The Bertz CT molecular complexity index is 892. The molecular weight excluding hydrogens is 452 g/mol. The third-order valence-corrected chi connectivity index (χ3v) is 10.8. The van der Waals surface area contributed by atoms with Crippen LogP contribution in [0.4, 0.5) is 0 Å². The molecule has 0 radical (unpaired) electrons. The number of hydrogen-bond donors (Lipinski definition) is 7. The van der Waals surface area contributed by atoms with E-state index in [1.807, 2.05) is 13.8 Å². The van der Waals surface area contributed by atoms with Gasteiger partial charge in [-0.1, -0.05) is 13.8 Å². The molecule has 7 N–H and O–H groups in total. The van der Waals surface area contributed by atoms with Gasteiger partial charge in [0, 0.05) is 17.8 Å². The topological polar surface area (TPSA) is 159 Å². The number of aliphatic hydroxyl groups is 7. The van der Waals surface area contributed by atoms with Crippen LogP contribution in [0.15, 0.2) is 11.6 Å². The molecule has 8 nitrogen and oxygen atoms in total. The quantitative estimate of drug-likeness (QED) is 0.295. The molecule has 0 saturated heterocycles. The van der Waals surface area contributed by atoms with Crippen molar-refractivity contribution >= 4 is 5.78 Å². The average Bonchev–Trinajstić information content (AvgIpc) is 3.01. The Kier molecular flexibility index (Phi) is 6.46. The van der Waals surface area contributed by atoms with E-state index in [2.05, 4.69) is 0 Å². The highest BCUT2D eigenvalue weighted by Gasteiger charge is 2.69. The van der Waals surface area contributed by atoms with Crippen LogP contribution in [0.2, 0.25) is 0 Å². The third kappa shape index (κ3) is 3.87. The summed E-state index contributed by atoms with van der Waals surface area (Å²) in [6.45, 7) is 8.31. The molecule has 8 heteroatoms. The first-order valence-electron chi connectivity index (χ1n) is 13.0. The van der Waals surface area contributed by atoms with Crippen LogP contribution in [-0.2, 0) is 4.79 Å². The lowest BCUT2D eigenvalue weighted by Gasteiger charge is -2.60. The summed E-state index contributed by atoms with van der Waals surface area (Å²) in [5.74, 6) is -1.18. The van der Waals surface area contributed by atoms with Gasteiger partial charge in [-0.3, -0.25) is 4.79 Å². The lowest BCUT2D eigenvalue weighted by atomic mass is 9.45. The lowest BCUT2D eigenvalue weighted by Crippen LogP contribution is -2.63. The third-order valence-electron chi connectivity index (χ3n) is 10.8. The van der Waals surface area contributed by atoms with Crippen molar-refractivity contribution in [3.63, 3.8) is 0 Å². The second-order valence-corrected chi connectivity index (χ2v) is 13.2. The Morgan fingerprint density at radius 1 is 1.00 bits per heavy atom. The zero-order valence-electron chi connectivity index (χ0n) is 21.6. The van der Waals surface area contributed by atoms with E-state index >= 15 is 0 Å². The molecule has 0 heterocycles. The number of allylic oxidation sites excluding steroid dienone is 1. The summed E-state index contributed by atoms with van der Waals surface area (Å²) in [5.41, 5.74) is -5.18. The van der Waals surface area contributed by atoms with Gasteiger partial charge < -0.3 is 35.7 Å². The minimum Gasteiger partial charge on any atom is -0.390 e. The Hall–Kier alpha value is -0.870. The maximum Gasteiger partial charge on any atom is 0.159 e. The van der Waals surface area contributed by atoms with Crippen molar-refractivity contribution in [3.8, 4) is 0 Å². The fraction of sp³-hybridized carbons (Fsp3) is 0.889. The largest absolute Gasteiger partial charge is 0.390 e. The fourth-order valence-electron chi connectivity index (χ4n) is 8.28. The van der Waals surface area contributed by atoms with E-state index in [0.29, 0.717) is 31.3 Å². The molecule has 0 aromatic carbocycles. The Morgan fingerprint density at radius 2 is 1.63 bits per heavy atom. The van der Waals surface area contributed by atoms with Gasteiger partial charge in [0.05, 0.1) is 41.2 Å². The van der Waals surface area contributed by atoms with Crippen LogP contribution >= 0.6 is 0 Å². The van der Waals surface area contributed by atoms with Gasteiger partial charge in [-0.2, -0.15) is 0 Å². The van der Waals surface area contributed by atoms with E-state index in [9.17, 15) is 40.5 Å². The summed E-state index contributed by atoms with van der Waals surface area (Å²) in [6.07, 6.45) is -0.617. The van der Waals surface area contributed by atoms with E-state index in [1.165, 1.54) is 20.8 Å². The number of aliphatic hydroxyl groups excluding tert-OH is 4. The molecule has 0 bridgehead atoms. The van der Waals surface area contributed by atoms with Crippen molar-refractivity contribution in [2.75, 3.05) is 0 Å². The lowest BCUT2D eigenvalue weighted by molar-refractivity contribution is -0.183. The van der Waals surface area contributed by atoms with Crippen LogP contribution in [0.3, 0.4) is 0 Å². The molecule has 0 aliphatic heterocycles. The van der Waals surface area contributed by atoms with Crippen molar-refractivity contribution in [2.24, 2.45) is 28.6 Å². The van der Waals surface area contributed by atoms with Crippen LogP contribution in [-0.4, -0.2) is 82.7 Å². The van der Waals surface area contributed by atoms with E-state index in [-0.39, 0.29) is 31.0 Å². The van der Waals surface area contributed by atoms with E-state index in [4.69, 9.17) is 0 Å². The van der Waals surface area contributed by atoms with Gasteiger partial charge in [-0.05, 0) is 88.2 Å². The highest BCUT2D eigenvalue weighted by atomic mass is 16.4. The molecule has 0 spiro atoms. The van der Waals surface area contributed by atoms with Gasteiger partial charge in [0.25, 0.3) is 0 Å². The average molecular weight is 497 g/mol. The Morgan fingerprint density at radius 3 is 2.23 bits per heavy atom. The SMILES string of the molecule is CC(C)(O)C(O)C[C@@H](O)[C@](C)(O)[C@H]1CC[C@@]2(O)C3=CC(=O)[C@@H]4C[C@@H](O)[C@@H](O)C[C@]4(C)[C@H]3CC[C@]12C. The van der Waals surface area contributed by atoms with Crippen LogP contribution in [0.5, 0.6) is 0 Å². The molecule has 4 rings (SSSR count). The minimum absolute atomic E-state index is 0.129. The Balaban J connectivity index is 1.67. The first-order chi connectivity index (χ1) is 15.9. The molecule has 4 aliphatic rings. The minimum atomic E-state index is -1.64. The van der Waals surface area contributed by atoms with Gasteiger partial charge in [-0.25, -0.2) is 0 Å². The molecule has 11 atom stereocenters. The van der Waals surface area contributed by atoms with Crippen LogP contribution in [0, 0.1) is 28.6 Å². The summed E-state index contributed by atoms with van der Waals surface area (Å²) >= 11 is 0. The summed E-state index contributed by atoms with van der Waals surface area (Å²) in [6, 6.07) is 0. The monoisotopic (exact) mass is 496 g/mol. The fourth-order valence-corrected chi connectivity index (χ4v) is 8.28. The number of ketones is 1. The molecule has 200 valence electrons. The number of carbonyl (C=O) groups is 1. The molecule has 0 amide bonds. The van der Waals surface area contributed by atoms with Crippen LogP contribution in [0.25, 0.3) is 0 Å². The van der Waals surface area contributed by atoms with Gasteiger partial charge >= 0.3 is 0 Å². The first kappa shape index (κ1) is 27.2. The van der Waals surface area contributed by atoms with Crippen LogP contribution < -0.4 is 0 Å². The number of hydrogen-bond acceptors (Lipinski definition) is 8. The molecule has 0 aromatic rings. The number of rotatable bonds is 5. The predicted molar refractivity (Wildman–Crippen MR) is 128 cm³/mol. The van der Waals surface area contributed by atoms with E-state index in [1.54, 1.807) is 6.08 Å². The van der Waals surface area contributed by atoms with Gasteiger partial charge in [0.2, 0.25) is 0 Å². The van der Waals surface area contributed by atoms with E-state index in [0.717, 1.165) is 0 Å². The highest BCUT2D eigenvalue weighted by molar-refractivity contribution is 5.95. The van der Waals surface area contributed by atoms with E-state index < -0.39 is 63.9 Å². The Labute approximate surface area is 207 Å². The molecule has 3 fully saturated rings. The maximum absolute atomic E-state index is 13.3. The molecule has 0 aromatic heterocycles. The van der Waals surface area contributed by atoms with Gasteiger partial charge in [0.15, 0.2) is 5.78 Å². The highest BCUT2D eigenvalue weighted by Crippen LogP contribution is 2.68. The summed E-state index contributed by atoms with van der Waals surface area (Å²) in [7, 11) is 0. The summed E-state index contributed by atoms with van der Waals surface area (Å²) < 4.78 is 0. The number of fused-ring (bicyclic) bond motifs is 5. The summed E-state index contributed by atoms with van der Waals surface area (Å²) in [4.78, 5) is 13.3. The zero-order valence-corrected chi connectivity index (χ0v) is 21.6. The van der Waals surface area contributed by atoms with Crippen molar-refractivity contribution in [3.05, 3.63) is 11.6 Å². The maximum atomic E-state index is 13.3. The molecule has 35 heavy (non-hydrogen) atoms. The van der Waals surface area contributed by atoms with Crippen molar-refractivity contribution in [1.29, 1.82) is 0 Å². The molecule has 4 aliphatic carbocycles. The smallest absolute Gasteiger partial charge is 0.159 e. The summed E-state index contributed by atoms with van der Waals surface area (Å²) in [5, 5.41) is 75.8. The van der Waals surface area contributed by atoms with Crippen molar-refractivity contribution in [2.45, 2.75) is 121 Å². The normalized spacial score (nSPS) is 47.1. The zero-order chi connectivity index (χ0) is 26.4. The number of carbonyl (C=O) groups excluding carboxylic acids is 1. The second kappa shape index (κ2) is 8.32.